The Morgan fingerprint density at radius 3 is 2.62 bits per heavy atom. The Kier molecular flexibility index (Phi) is 2.93. The van der Waals surface area contributed by atoms with Crippen LogP contribution in [0.2, 0.25) is 0 Å². The lowest BCUT2D eigenvalue weighted by Crippen LogP contribution is -2.36. The molecule has 0 radical (unpaired) electrons. The second-order valence-corrected chi connectivity index (χ2v) is 4.21. The quantitative estimate of drug-likeness (QED) is 0.650. The molecular weight excluding hydrogens is 168 g/mol. The topological polar surface area (TPSA) is 64.3 Å². The van der Waals surface area contributed by atoms with Gasteiger partial charge in [-0.05, 0) is 20.3 Å². The second-order valence-electron chi connectivity index (χ2n) is 4.21. The molecule has 76 valence electrons. The minimum atomic E-state index is -0.386. The van der Waals surface area contributed by atoms with E-state index in [9.17, 15) is 4.79 Å². The van der Waals surface area contributed by atoms with Crippen LogP contribution in [-0.4, -0.2) is 30.7 Å². The summed E-state index contributed by atoms with van der Waals surface area (Å²) >= 11 is 0. The number of amides is 1. The standard InChI is InChI=1S/C9H18N2O2/c1-9(2,13-3)5-8(12)11-7-4-6(7)10/h6-7H,4-5,10H2,1-3H3,(H,11,12). The van der Waals surface area contributed by atoms with Crippen molar-refractivity contribution in [3.05, 3.63) is 0 Å². The molecule has 0 heterocycles. The van der Waals surface area contributed by atoms with E-state index in [1.54, 1.807) is 7.11 Å². The van der Waals surface area contributed by atoms with E-state index in [1.807, 2.05) is 13.8 Å². The summed E-state index contributed by atoms with van der Waals surface area (Å²) in [7, 11) is 1.61. The lowest BCUT2D eigenvalue weighted by atomic mass is 10.1. The van der Waals surface area contributed by atoms with Crippen LogP contribution in [0.1, 0.15) is 26.7 Å². The van der Waals surface area contributed by atoms with Crippen LogP contribution in [-0.2, 0) is 9.53 Å². The number of carbonyl (C=O) groups excluding carboxylic acids is 1. The minimum absolute atomic E-state index is 0.0183. The molecule has 1 fully saturated rings. The molecule has 2 unspecified atom stereocenters. The van der Waals surface area contributed by atoms with E-state index in [2.05, 4.69) is 5.32 Å². The molecule has 4 heteroatoms. The number of ether oxygens (including phenoxy) is 1. The zero-order valence-electron chi connectivity index (χ0n) is 8.46. The molecule has 0 aromatic rings. The zero-order valence-corrected chi connectivity index (χ0v) is 8.46. The first-order valence-electron chi connectivity index (χ1n) is 4.55. The van der Waals surface area contributed by atoms with Crippen molar-refractivity contribution in [2.75, 3.05) is 7.11 Å². The molecule has 2 atom stereocenters. The Balaban J connectivity index is 2.25. The highest BCUT2D eigenvalue weighted by Gasteiger charge is 2.35. The Morgan fingerprint density at radius 2 is 2.23 bits per heavy atom. The summed E-state index contributed by atoms with van der Waals surface area (Å²) in [5, 5.41) is 2.85. The van der Waals surface area contributed by atoms with Crippen LogP contribution in [0.25, 0.3) is 0 Å². The molecule has 1 aliphatic carbocycles. The SMILES string of the molecule is COC(C)(C)CC(=O)NC1CC1N. The third-order valence-corrected chi connectivity index (χ3v) is 2.33. The Labute approximate surface area is 78.8 Å². The maximum Gasteiger partial charge on any atom is 0.223 e. The number of carbonyl (C=O) groups is 1. The predicted octanol–water partition coefficient (Wildman–Crippen LogP) is 0.0173. The highest BCUT2D eigenvalue weighted by molar-refractivity contribution is 5.77. The maximum atomic E-state index is 11.4. The van der Waals surface area contributed by atoms with Crippen molar-refractivity contribution in [3.8, 4) is 0 Å². The van der Waals surface area contributed by atoms with Crippen molar-refractivity contribution in [3.63, 3.8) is 0 Å². The van der Waals surface area contributed by atoms with Gasteiger partial charge in [0.25, 0.3) is 0 Å². The summed E-state index contributed by atoms with van der Waals surface area (Å²) in [5.74, 6) is 0.0183. The summed E-state index contributed by atoms with van der Waals surface area (Å²) < 4.78 is 5.15. The molecule has 0 saturated heterocycles. The number of nitrogens with two attached hydrogens (primary N) is 1. The van der Waals surface area contributed by atoms with Crippen LogP contribution in [0, 0.1) is 0 Å². The van der Waals surface area contributed by atoms with Gasteiger partial charge in [-0.1, -0.05) is 0 Å². The van der Waals surface area contributed by atoms with Crippen LogP contribution in [0.4, 0.5) is 0 Å². The highest BCUT2D eigenvalue weighted by Crippen LogP contribution is 2.19. The molecule has 4 nitrogen and oxygen atoms in total. The van der Waals surface area contributed by atoms with Gasteiger partial charge >= 0.3 is 0 Å². The molecule has 3 N–H and O–H groups in total. The number of nitrogens with one attached hydrogen (secondary N) is 1. The Morgan fingerprint density at radius 1 is 1.69 bits per heavy atom. The monoisotopic (exact) mass is 186 g/mol. The molecule has 1 saturated carbocycles. The average Bonchev–Trinajstić information content (AvgIpc) is 2.65. The first-order valence-corrected chi connectivity index (χ1v) is 4.55. The van der Waals surface area contributed by atoms with E-state index >= 15 is 0 Å². The maximum absolute atomic E-state index is 11.4. The second kappa shape index (κ2) is 3.64. The lowest BCUT2D eigenvalue weighted by molar-refractivity contribution is -0.126. The molecule has 13 heavy (non-hydrogen) atoms. The van der Waals surface area contributed by atoms with Crippen molar-refractivity contribution in [1.82, 2.24) is 5.32 Å². The van der Waals surface area contributed by atoms with Crippen molar-refractivity contribution in [2.24, 2.45) is 5.73 Å². The smallest absolute Gasteiger partial charge is 0.223 e. The minimum Gasteiger partial charge on any atom is -0.378 e. The summed E-state index contributed by atoms with van der Waals surface area (Å²) in [6.07, 6.45) is 1.28. The number of hydrogen-bond donors (Lipinski definition) is 2. The van der Waals surface area contributed by atoms with Gasteiger partial charge in [0.1, 0.15) is 0 Å². The molecule has 0 aromatic heterocycles. The van der Waals surface area contributed by atoms with Gasteiger partial charge < -0.3 is 15.8 Å². The van der Waals surface area contributed by atoms with Gasteiger partial charge in [-0.3, -0.25) is 4.79 Å². The number of rotatable bonds is 4. The van der Waals surface area contributed by atoms with E-state index in [4.69, 9.17) is 10.5 Å². The fourth-order valence-electron chi connectivity index (χ4n) is 1.10. The van der Waals surface area contributed by atoms with Gasteiger partial charge in [0.15, 0.2) is 0 Å². The molecule has 1 aliphatic rings. The summed E-state index contributed by atoms with van der Waals surface area (Å²) in [5.41, 5.74) is 5.18. The molecule has 0 aliphatic heterocycles. The molecule has 0 bridgehead atoms. The number of methoxy groups -OCH3 is 1. The van der Waals surface area contributed by atoms with Gasteiger partial charge in [-0.15, -0.1) is 0 Å². The van der Waals surface area contributed by atoms with Crippen LogP contribution in [0.5, 0.6) is 0 Å². The Bertz CT molecular complexity index is 204. The Hall–Kier alpha value is -0.610. The third-order valence-electron chi connectivity index (χ3n) is 2.33. The van der Waals surface area contributed by atoms with E-state index < -0.39 is 0 Å². The molecule has 1 rings (SSSR count). The van der Waals surface area contributed by atoms with Crippen molar-refractivity contribution in [1.29, 1.82) is 0 Å². The van der Waals surface area contributed by atoms with Crippen molar-refractivity contribution in [2.45, 2.75) is 44.4 Å². The molecule has 0 spiro atoms. The van der Waals surface area contributed by atoms with Gasteiger partial charge in [0.05, 0.1) is 12.0 Å². The van der Waals surface area contributed by atoms with Crippen LogP contribution >= 0.6 is 0 Å². The number of hydrogen-bond acceptors (Lipinski definition) is 3. The van der Waals surface area contributed by atoms with Crippen molar-refractivity contribution >= 4 is 5.91 Å². The van der Waals surface area contributed by atoms with Crippen LogP contribution < -0.4 is 11.1 Å². The highest BCUT2D eigenvalue weighted by atomic mass is 16.5. The van der Waals surface area contributed by atoms with Gasteiger partial charge in [0, 0.05) is 19.2 Å². The lowest BCUT2D eigenvalue weighted by Gasteiger charge is -2.21. The fourth-order valence-corrected chi connectivity index (χ4v) is 1.10. The normalized spacial score (nSPS) is 27.1. The largest absolute Gasteiger partial charge is 0.378 e. The molecule has 0 aromatic carbocycles. The van der Waals surface area contributed by atoms with E-state index in [0.717, 1.165) is 6.42 Å². The molecular formula is C9H18N2O2. The summed E-state index contributed by atoms with van der Waals surface area (Å²) in [6, 6.07) is 0.356. The predicted molar refractivity (Wildman–Crippen MR) is 50.2 cm³/mol. The van der Waals surface area contributed by atoms with Gasteiger partial charge in [0.2, 0.25) is 5.91 Å². The fraction of sp³-hybridized carbons (Fsp3) is 0.889. The van der Waals surface area contributed by atoms with Crippen LogP contribution in [0.3, 0.4) is 0 Å². The van der Waals surface area contributed by atoms with Gasteiger partial charge in [-0.2, -0.15) is 0 Å². The zero-order chi connectivity index (χ0) is 10.1. The van der Waals surface area contributed by atoms with E-state index in [0.29, 0.717) is 6.42 Å². The first-order chi connectivity index (χ1) is 5.94. The molecule has 1 amide bonds. The summed E-state index contributed by atoms with van der Waals surface area (Å²) in [4.78, 5) is 11.4. The first kappa shape index (κ1) is 10.5. The van der Waals surface area contributed by atoms with E-state index in [1.165, 1.54) is 0 Å². The van der Waals surface area contributed by atoms with E-state index in [-0.39, 0.29) is 23.6 Å². The summed E-state index contributed by atoms with van der Waals surface area (Å²) in [6.45, 7) is 3.78. The van der Waals surface area contributed by atoms with Gasteiger partial charge in [-0.25, -0.2) is 0 Å². The van der Waals surface area contributed by atoms with Crippen molar-refractivity contribution < 1.29 is 9.53 Å². The third kappa shape index (κ3) is 3.32. The average molecular weight is 186 g/mol. The van der Waals surface area contributed by atoms with Crippen LogP contribution in [0.15, 0.2) is 0 Å².